The van der Waals surface area contributed by atoms with Crippen LogP contribution in [0.3, 0.4) is 0 Å². The average Bonchev–Trinajstić information content (AvgIpc) is 2.66. The quantitative estimate of drug-likeness (QED) is 0.174. The zero-order valence-electron chi connectivity index (χ0n) is 19.0. The maximum Gasteiger partial charge on any atom is 0.162 e. The fraction of sp³-hybridized carbons (Fsp3) is 0.750. The highest BCUT2D eigenvalue weighted by Gasteiger charge is 2.36. The van der Waals surface area contributed by atoms with Gasteiger partial charge in [-0.15, -0.1) is 0 Å². The first kappa shape index (κ1) is 24.6. The van der Waals surface area contributed by atoms with Gasteiger partial charge < -0.3 is 15.2 Å². The highest BCUT2D eigenvalue weighted by Crippen LogP contribution is 2.24. The Bertz CT molecular complexity index is 549. The fourth-order valence-electron chi connectivity index (χ4n) is 4.15. The fourth-order valence-corrected chi connectivity index (χ4v) is 4.15. The van der Waals surface area contributed by atoms with Gasteiger partial charge in [0.05, 0.1) is 25.0 Å². The summed E-state index contributed by atoms with van der Waals surface area (Å²) < 4.78 is 0.897. The van der Waals surface area contributed by atoms with Crippen LogP contribution in [0.1, 0.15) is 91.4 Å². The first-order valence-electron chi connectivity index (χ1n) is 11.5. The lowest BCUT2D eigenvalue weighted by Gasteiger charge is -2.44. The lowest BCUT2D eigenvalue weighted by Crippen LogP contribution is -2.61. The lowest BCUT2D eigenvalue weighted by atomic mass is 9.95. The Morgan fingerprint density at radius 2 is 1.75 bits per heavy atom. The van der Waals surface area contributed by atoms with Gasteiger partial charge in [-0.1, -0.05) is 65.0 Å². The van der Waals surface area contributed by atoms with Crippen molar-refractivity contribution in [2.24, 2.45) is 0 Å². The maximum absolute atomic E-state index is 8.59. The number of allylic oxidation sites excluding steroid dienone is 1. The topological polar surface area (TPSA) is 59.7 Å². The molecule has 0 amide bonds. The van der Waals surface area contributed by atoms with Crippen molar-refractivity contribution in [2.75, 3.05) is 20.1 Å². The second-order valence-electron chi connectivity index (χ2n) is 8.83. The Hall–Kier alpha value is -1.42. The number of rotatable bonds is 15. The highest BCUT2D eigenvalue weighted by molar-refractivity contribution is 6.46. The van der Waals surface area contributed by atoms with Gasteiger partial charge in [0.1, 0.15) is 6.54 Å². The van der Waals surface area contributed by atoms with Crippen LogP contribution >= 0.6 is 0 Å². The van der Waals surface area contributed by atoms with Crippen LogP contribution in [0.5, 0.6) is 0 Å². The number of nitrogens with zero attached hydrogens (tertiary/aromatic N) is 1. The van der Waals surface area contributed by atoms with Crippen molar-refractivity contribution in [3.05, 3.63) is 23.9 Å². The largest absolute Gasteiger partial charge is 0.341 e. The van der Waals surface area contributed by atoms with Crippen molar-refractivity contribution in [1.82, 2.24) is 5.32 Å². The van der Waals surface area contributed by atoms with Gasteiger partial charge in [-0.2, -0.15) is 0 Å². The van der Waals surface area contributed by atoms with Crippen LogP contribution in [0.25, 0.3) is 0 Å². The van der Waals surface area contributed by atoms with E-state index in [1.807, 2.05) is 6.92 Å². The smallest absolute Gasteiger partial charge is 0.162 e. The molecule has 0 fully saturated rings. The summed E-state index contributed by atoms with van der Waals surface area (Å²) in [5.74, 6) is 0. The van der Waals surface area contributed by atoms with E-state index in [0.29, 0.717) is 17.6 Å². The number of likely N-dealkylation sites (N-methyl/N-ethyl adjacent to an activating group) is 1. The third kappa shape index (κ3) is 8.30. The summed E-state index contributed by atoms with van der Waals surface area (Å²) in [5, 5.41) is 20.6. The SMILES string of the molecule is C=C(C)NC(CCCCC)[N+]1(C)CCC=C(C(=N)C(=N)CCCCCCC)C1. The van der Waals surface area contributed by atoms with Gasteiger partial charge >= 0.3 is 0 Å². The molecule has 2 atom stereocenters. The van der Waals surface area contributed by atoms with Gasteiger partial charge in [-0.25, -0.2) is 0 Å². The summed E-state index contributed by atoms with van der Waals surface area (Å²) in [7, 11) is 2.31. The molecule has 4 heteroatoms. The molecule has 3 N–H and O–H groups in total. The van der Waals surface area contributed by atoms with E-state index in [2.05, 4.69) is 38.9 Å². The molecule has 0 aliphatic carbocycles. The van der Waals surface area contributed by atoms with E-state index in [1.165, 1.54) is 44.9 Å². The first-order valence-corrected chi connectivity index (χ1v) is 11.5. The molecule has 28 heavy (non-hydrogen) atoms. The molecule has 0 radical (unpaired) electrons. The third-order valence-electron chi connectivity index (χ3n) is 5.96. The van der Waals surface area contributed by atoms with Crippen LogP contribution in [0.2, 0.25) is 0 Å². The Labute approximate surface area is 174 Å². The van der Waals surface area contributed by atoms with Gasteiger partial charge in [-0.05, 0) is 26.2 Å². The molecule has 0 bridgehead atoms. The van der Waals surface area contributed by atoms with Crippen LogP contribution < -0.4 is 5.32 Å². The normalized spacial score (nSPS) is 20.4. The van der Waals surface area contributed by atoms with E-state index in [9.17, 15) is 0 Å². The minimum Gasteiger partial charge on any atom is -0.341 e. The number of quaternary nitrogens is 1. The number of hydrogen-bond donors (Lipinski definition) is 3. The van der Waals surface area contributed by atoms with Crippen molar-refractivity contribution in [3.63, 3.8) is 0 Å². The van der Waals surface area contributed by atoms with Gasteiger partial charge in [0, 0.05) is 24.1 Å². The molecule has 1 aliphatic rings. The highest BCUT2D eigenvalue weighted by atomic mass is 15.4. The average molecular weight is 390 g/mol. The van der Waals surface area contributed by atoms with Gasteiger partial charge in [-0.3, -0.25) is 5.41 Å². The molecule has 0 aromatic rings. The van der Waals surface area contributed by atoms with Crippen LogP contribution in [0, 0.1) is 10.8 Å². The summed E-state index contributed by atoms with van der Waals surface area (Å²) in [4.78, 5) is 0. The monoisotopic (exact) mass is 389 g/mol. The summed E-state index contributed by atoms with van der Waals surface area (Å²) >= 11 is 0. The molecule has 1 aliphatic heterocycles. The van der Waals surface area contributed by atoms with E-state index >= 15 is 0 Å². The van der Waals surface area contributed by atoms with Crippen LogP contribution in [0.4, 0.5) is 0 Å². The summed E-state index contributed by atoms with van der Waals surface area (Å²) in [6, 6.07) is 0. The molecule has 4 nitrogen and oxygen atoms in total. The minimum absolute atomic E-state index is 0.337. The molecule has 2 unspecified atom stereocenters. The molecule has 0 aromatic carbocycles. The zero-order chi connectivity index (χ0) is 21.0. The molecule has 0 aromatic heterocycles. The van der Waals surface area contributed by atoms with Crippen molar-refractivity contribution < 1.29 is 4.48 Å². The predicted octanol–water partition coefficient (Wildman–Crippen LogP) is 6.19. The standard InChI is InChI=1S/C24H45N4/c1-6-8-10-11-13-16-22(25)24(26)21-15-14-18-28(5,19-21)23(27-20(3)4)17-12-9-7-2/h15,23,25-27H,3,6-14,16-19H2,1-2,4-5H3/q+1. The molecule has 1 heterocycles. The molecule has 1 rings (SSSR count). The molecule has 160 valence electrons. The van der Waals surface area contributed by atoms with E-state index in [0.717, 1.165) is 54.5 Å². The van der Waals surface area contributed by atoms with E-state index in [1.54, 1.807) is 0 Å². The summed E-state index contributed by atoms with van der Waals surface area (Å²) in [6.07, 6.45) is 15.1. The number of nitrogens with one attached hydrogen (secondary N) is 3. The number of unbranched alkanes of at least 4 members (excludes halogenated alkanes) is 6. The minimum atomic E-state index is 0.337. The predicted molar refractivity (Wildman–Crippen MR) is 123 cm³/mol. The molecular formula is C24H45N4+. The molecule has 0 saturated carbocycles. The van der Waals surface area contributed by atoms with Crippen molar-refractivity contribution in [3.8, 4) is 0 Å². The van der Waals surface area contributed by atoms with Crippen LogP contribution in [0.15, 0.2) is 23.9 Å². The Morgan fingerprint density at radius 3 is 2.39 bits per heavy atom. The van der Waals surface area contributed by atoms with E-state index in [4.69, 9.17) is 10.8 Å². The van der Waals surface area contributed by atoms with Crippen molar-refractivity contribution in [2.45, 2.75) is 97.6 Å². The summed E-state index contributed by atoms with van der Waals surface area (Å²) in [6.45, 7) is 12.5. The van der Waals surface area contributed by atoms with Gasteiger partial charge in [0.25, 0.3) is 0 Å². The molecular weight excluding hydrogens is 344 g/mol. The lowest BCUT2D eigenvalue weighted by molar-refractivity contribution is -0.933. The van der Waals surface area contributed by atoms with E-state index < -0.39 is 0 Å². The molecule has 0 spiro atoms. The van der Waals surface area contributed by atoms with Crippen LogP contribution in [-0.2, 0) is 0 Å². The molecule has 0 saturated heterocycles. The zero-order valence-corrected chi connectivity index (χ0v) is 19.0. The second kappa shape index (κ2) is 12.9. The summed E-state index contributed by atoms with van der Waals surface area (Å²) in [5.41, 5.74) is 3.08. The Kier molecular flexibility index (Phi) is 11.4. The Morgan fingerprint density at radius 1 is 1.11 bits per heavy atom. The van der Waals surface area contributed by atoms with Crippen molar-refractivity contribution >= 4 is 11.4 Å². The van der Waals surface area contributed by atoms with Gasteiger partial charge in [0.15, 0.2) is 6.17 Å². The first-order chi connectivity index (χ1) is 13.3. The van der Waals surface area contributed by atoms with E-state index in [-0.39, 0.29) is 0 Å². The van der Waals surface area contributed by atoms with Crippen LogP contribution in [-0.4, -0.2) is 42.2 Å². The Balaban J connectivity index is 2.69. The maximum atomic E-state index is 8.59. The van der Waals surface area contributed by atoms with Gasteiger partial charge in [0.2, 0.25) is 0 Å². The third-order valence-corrected chi connectivity index (χ3v) is 5.96. The second-order valence-corrected chi connectivity index (χ2v) is 8.83. The van der Waals surface area contributed by atoms with Crippen molar-refractivity contribution in [1.29, 1.82) is 10.8 Å². The number of hydrogen-bond acceptors (Lipinski definition) is 3.